The lowest BCUT2D eigenvalue weighted by atomic mass is 10.1. The molecular weight excluding hydrogens is 186 g/mol. The van der Waals surface area contributed by atoms with E-state index in [9.17, 15) is 0 Å². The fourth-order valence-corrected chi connectivity index (χ4v) is 1.75. The quantitative estimate of drug-likeness (QED) is 0.759. The third-order valence-corrected chi connectivity index (χ3v) is 2.64. The second-order valence-electron chi connectivity index (χ2n) is 3.92. The molecule has 0 bridgehead atoms. The van der Waals surface area contributed by atoms with Gasteiger partial charge in [0.05, 0.1) is 11.7 Å². The highest BCUT2D eigenvalue weighted by atomic mass is 15.1. The van der Waals surface area contributed by atoms with Crippen LogP contribution >= 0.6 is 0 Å². The predicted molar refractivity (Wildman–Crippen MR) is 61.7 cm³/mol. The first kappa shape index (κ1) is 10.1. The monoisotopic (exact) mass is 203 g/mol. The minimum Gasteiger partial charge on any atom is -0.276 e. The summed E-state index contributed by atoms with van der Waals surface area (Å²) in [5, 5.41) is 6.88. The van der Waals surface area contributed by atoms with Crippen LogP contribution in [0.1, 0.15) is 38.3 Å². The van der Waals surface area contributed by atoms with Gasteiger partial charge in [-0.05, 0) is 25.0 Å². The minimum absolute atomic E-state index is 0.975. The van der Waals surface area contributed by atoms with E-state index in [0.717, 1.165) is 17.5 Å². The van der Waals surface area contributed by atoms with Crippen molar-refractivity contribution in [2.45, 2.75) is 39.0 Å². The molecule has 0 radical (unpaired) electrons. The molecule has 15 heavy (non-hydrogen) atoms. The Balaban J connectivity index is 1.96. The van der Waals surface area contributed by atoms with E-state index in [2.05, 4.69) is 34.2 Å². The first-order valence-corrected chi connectivity index (χ1v) is 5.69. The molecule has 0 saturated carbocycles. The van der Waals surface area contributed by atoms with Gasteiger partial charge in [0.25, 0.3) is 0 Å². The van der Waals surface area contributed by atoms with Gasteiger partial charge in [-0.1, -0.05) is 26.2 Å². The predicted octanol–water partition coefficient (Wildman–Crippen LogP) is 3.08. The smallest absolute Gasteiger partial charge is 0.108 e. The van der Waals surface area contributed by atoms with E-state index in [1.54, 1.807) is 6.20 Å². The summed E-state index contributed by atoms with van der Waals surface area (Å²) in [5.41, 5.74) is 3.18. The number of H-pyrrole nitrogens is 1. The first-order valence-electron chi connectivity index (χ1n) is 5.69. The molecule has 0 unspecified atom stereocenters. The number of aromatic nitrogens is 3. The van der Waals surface area contributed by atoms with Crippen molar-refractivity contribution in [3.63, 3.8) is 0 Å². The van der Waals surface area contributed by atoms with Gasteiger partial charge in [0.2, 0.25) is 0 Å². The molecule has 2 aromatic heterocycles. The number of aryl methyl sites for hydroxylation is 1. The molecule has 3 nitrogen and oxygen atoms in total. The van der Waals surface area contributed by atoms with Crippen molar-refractivity contribution >= 4 is 11.0 Å². The first-order chi connectivity index (χ1) is 7.40. The van der Waals surface area contributed by atoms with Crippen molar-refractivity contribution in [2.24, 2.45) is 0 Å². The Labute approximate surface area is 89.9 Å². The summed E-state index contributed by atoms with van der Waals surface area (Å²) in [5.74, 6) is 0. The average Bonchev–Trinajstić information content (AvgIpc) is 2.71. The maximum absolute atomic E-state index is 4.54. The molecule has 2 rings (SSSR count). The molecule has 0 aromatic carbocycles. The number of pyridine rings is 1. The average molecular weight is 203 g/mol. The van der Waals surface area contributed by atoms with Gasteiger partial charge in [0.1, 0.15) is 5.52 Å². The van der Waals surface area contributed by atoms with Gasteiger partial charge in [-0.2, -0.15) is 5.10 Å². The molecule has 0 amide bonds. The Morgan fingerprint density at radius 1 is 1.20 bits per heavy atom. The van der Waals surface area contributed by atoms with Crippen molar-refractivity contribution in [2.75, 3.05) is 0 Å². The van der Waals surface area contributed by atoms with Gasteiger partial charge in [-0.25, -0.2) is 4.98 Å². The molecule has 3 heteroatoms. The van der Waals surface area contributed by atoms with Crippen molar-refractivity contribution in [3.05, 3.63) is 24.0 Å². The fourth-order valence-electron chi connectivity index (χ4n) is 1.75. The zero-order chi connectivity index (χ0) is 10.5. The SMILES string of the molecule is CCCCCCc1ccc2[nH]ncc2n1. The zero-order valence-electron chi connectivity index (χ0n) is 9.16. The summed E-state index contributed by atoms with van der Waals surface area (Å²) in [4.78, 5) is 4.54. The van der Waals surface area contributed by atoms with Gasteiger partial charge in [0, 0.05) is 5.69 Å². The Hall–Kier alpha value is -1.38. The van der Waals surface area contributed by atoms with E-state index >= 15 is 0 Å². The Morgan fingerprint density at radius 2 is 2.13 bits per heavy atom. The standard InChI is InChI=1S/C12H17N3/c1-2-3-4-5-6-10-7-8-11-12(14-10)9-13-15-11/h7-9H,2-6H2,1H3,(H,13,15). The fraction of sp³-hybridized carbons (Fsp3) is 0.500. The number of fused-ring (bicyclic) bond motifs is 1. The highest BCUT2D eigenvalue weighted by Crippen LogP contribution is 2.11. The lowest BCUT2D eigenvalue weighted by Gasteiger charge is -2.00. The van der Waals surface area contributed by atoms with Crippen molar-refractivity contribution in [1.29, 1.82) is 0 Å². The van der Waals surface area contributed by atoms with Crippen LogP contribution in [0.5, 0.6) is 0 Å². The molecule has 1 N–H and O–H groups in total. The number of hydrogen-bond acceptors (Lipinski definition) is 2. The molecule has 0 aliphatic rings. The maximum atomic E-state index is 4.54. The van der Waals surface area contributed by atoms with Gasteiger partial charge in [-0.15, -0.1) is 0 Å². The molecule has 0 fully saturated rings. The summed E-state index contributed by atoms with van der Waals surface area (Å²) in [6.45, 7) is 2.23. The van der Waals surface area contributed by atoms with Crippen LogP contribution in [0.2, 0.25) is 0 Å². The molecule has 0 spiro atoms. The third kappa shape index (κ3) is 2.55. The second kappa shape index (κ2) is 4.91. The number of unbranched alkanes of at least 4 members (excludes halogenated alkanes) is 3. The maximum Gasteiger partial charge on any atom is 0.108 e. The van der Waals surface area contributed by atoms with Gasteiger partial charge < -0.3 is 0 Å². The Morgan fingerprint density at radius 3 is 3.00 bits per heavy atom. The summed E-state index contributed by atoms with van der Waals surface area (Å²) in [7, 11) is 0. The van der Waals surface area contributed by atoms with Crippen LogP contribution in [0, 0.1) is 0 Å². The molecular formula is C12H17N3. The van der Waals surface area contributed by atoms with Gasteiger partial charge >= 0.3 is 0 Å². The van der Waals surface area contributed by atoms with Crippen molar-refractivity contribution in [3.8, 4) is 0 Å². The molecule has 0 saturated heterocycles. The highest BCUT2D eigenvalue weighted by Gasteiger charge is 1.99. The number of nitrogens with one attached hydrogen (secondary N) is 1. The summed E-state index contributed by atoms with van der Waals surface area (Å²) < 4.78 is 0. The lowest BCUT2D eigenvalue weighted by molar-refractivity contribution is 0.661. The number of nitrogens with zero attached hydrogens (tertiary/aromatic N) is 2. The Bertz CT molecular complexity index is 419. The normalized spacial score (nSPS) is 11.0. The second-order valence-corrected chi connectivity index (χ2v) is 3.92. The summed E-state index contributed by atoms with van der Waals surface area (Å²) in [6, 6.07) is 4.15. The van der Waals surface area contributed by atoms with Crippen LogP contribution in [-0.4, -0.2) is 15.2 Å². The summed E-state index contributed by atoms with van der Waals surface area (Å²) >= 11 is 0. The molecule has 0 aliphatic heterocycles. The van der Waals surface area contributed by atoms with Crippen LogP contribution in [-0.2, 0) is 6.42 Å². The van der Waals surface area contributed by atoms with Crippen LogP contribution in [0.25, 0.3) is 11.0 Å². The number of hydrogen-bond donors (Lipinski definition) is 1. The van der Waals surface area contributed by atoms with E-state index in [1.807, 2.05) is 0 Å². The molecule has 2 heterocycles. The van der Waals surface area contributed by atoms with E-state index in [-0.39, 0.29) is 0 Å². The van der Waals surface area contributed by atoms with Crippen LogP contribution < -0.4 is 0 Å². The largest absolute Gasteiger partial charge is 0.276 e. The van der Waals surface area contributed by atoms with E-state index < -0.39 is 0 Å². The molecule has 0 aliphatic carbocycles. The zero-order valence-corrected chi connectivity index (χ0v) is 9.16. The number of aromatic amines is 1. The topological polar surface area (TPSA) is 41.6 Å². The molecule has 0 atom stereocenters. The van der Waals surface area contributed by atoms with Crippen molar-refractivity contribution < 1.29 is 0 Å². The van der Waals surface area contributed by atoms with E-state index in [0.29, 0.717) is 0 Å². The Kier molecular flexibility index (Phi) is 3.33. The van der Waals surface area contributed by atoms with Gasteiger partial charge in [0.15, 0.2) is 0 Å². The van der Waals surface area contributed by atoms with Crippen LogP contribution in [0.15, 0.2) is 18.3 Å². The molecule has 80 valence electrons. The lowest BCUT2D eigenvalue weighted by Crippen LogP contribution is -1.90. The molecule has 2 aromatic rings. The van der Waals surface area contributed by atoms with Gasteiger partial charge in [-0.3, -0.25) is 5.10 Å². The van der Waals surface area contributed by atoms with E-state index in [4.69, 9.17) is 0 Å². The minimum atomic E-state index is 0.975. The number of rotatable bonds is 5. The highest BCUT2D eigenvalue weighted by molar-refractivity contribution is 5.72. The van der Waals surface area contributed by atoms with Crippen LogP contribution in [0.4, 0.5) is 0 Å². The van der Waals surface area contributed by atoms with E-state index in [1.165, 1.54) is 31.4 Å². The summed E-state index contributed by atoms with van der Waals surface area (Å²) in [6.07, 6.45) is 8.03. The van der Waals surface area contributed by atoms with Crippen molar-refractivity contribution in [1.82, 2.24) is 15.2 Å². The van der Waals surface area contributed by atoms with Crippen LogP contribution in [0.3, 0.4) is 0 Å². The third-order valence-electron chi connectivity index (χ3n) is 2.64.